The van der Waals surface area contributed by atoms with Crippen LogP contribution in [0.2, 0.25) is 0 Å². The lowest BCUT2D eigenvalue weighted by Crippen LogP contribution is -2.41. The first-order valence-electron chi connectivity index (χ1n) is 4.01. The van der Waals surface area contributed by atoms with Crippen molar-refractivity contribution in [3.8, 4) is 0 Å². The maximum absolute atomic E-state index is 11.5. The molecule has 0 unspecified atom stereocenters. The fraction of sp³-hybridized carbons (Fsp3) is 0.750. The lowest BCUT2D eigenvalue weighted by molar-refractivity contribution is -0.137. The maximum Gasteiger partial charge on any atom is 0.228 e. The molecule has 0 radical (unpaired) electrons. The number of amides is 1. The minimum absolute atomic E-state index is 0.0279. The lowest BCUT2D eigenvalue weighted by Gasteiger charge is -2.25. The Hall–Kier alpha value is -1.26. The number of nitrogens with two attached hydrogens (primary N) is 1. The van der Waals surface area contributed by atoms with Gasteiger partial charge in [0.2, 0.25) is 5.91 Å². The molecule has 0 spiro atoms. The van der Waals surface area contributed by atoms with E-state index < -0.39 is 5.41 Å². The second-order valence-electron chi connectivity index (χ2n) is 4.00. The summed E-state index contributed by atoms with van der Waals surface area (Å²) in [5.41, 5.74) is 4.82. The van der Waals surface area contributed by atoms with Crippen molar-refractivity contribution in [2.45, 2.75) is 20.8 Å². The van der Waals surface area contributed by atoms with Crippen molar-refractivity contribution in [2.24, 2.45) is 16.3 Å². The Morgan fingerprint density at radius 2 is 2.00 bits per heavy atom. The number of likely N-dealkylation sites (N-methyl/N-ethyl adjacent to an activating group) is 1. The van der Waals surface area contributed by atoms with Gasteiger partial charge in [-0.25, -0.2) is 0 Å². The van der Waals surface area contributed by atoms with Crippen LogP contribution in [0.3, 0.4) is 0 Å². The Morgan fingerprint density at radius 1 is 1.54 bits per heavy atom. The average molecular weight is 187 g/mol. The molecule has 0 aromatic carbocycles. The van der Waals surface area contributed by atoms with E-state index in [-0.39, 0.29) is 18.3 Å². The molecule has 1 amide bonds. The van der Waals surface area contributed by atoms with Gasteiger partial charge in [0.25, 0.3) is 0 Å². The molecule has 5 nitrogen and oxygen atoms in total. The second kappa shape index (κ2) is 4.11. The van der Waals surface area contributed by atoms with E-state index in [0.29, 0.717) is 0 Å². The molecule has 76 valence electrons. The lowest BCUT2D eigenvalue weighted by atomic mass is 9.95. The van der Waals surface area contributed by atoms with Crippen molar-refractivity contribution in [1.29, 1.82) is 0 Å². The third-order valence-corrected chi connectivity index (χ3v) is 1.52. The van der Waals surface area contributed by atoms with E-state index in [1.165, 1.54) is 4.90 Å². The number of nitrogens with zero attached hydrogens (tertiary/aromatic N) is 2. The van der Waals surface area contributed by atoms with Crippen molar-refractivity contribution in [2.75, 3.05) is 13.6 Å². The number of carbonyl (C=O) groups is 1. The molecule has 0 saturated carbocycles. The molecule has 5 heteroatoms. The van der Waals surface area contributed by atoms with Gasteiger partial charge in [0.15, 0.2) is 5.84 Å². The van der Waals surface area contributed by atoms with Gasteiger partial charge >= 0.3 is 0 Å². The molecule has 0 aliphatic rings. The molecule has 13 heavy (non-hydrogen) atoms. The first-order valence-corrected chi connectivity index (χ1v) is 4.01. The molecule has 0 rings (SSSR count). The van der Waals surface area contributed by atoms with Gasteiger partial charge in [0.1, 0.15) is 0 Å². The first kappa shape index (κ1) is 11.7. The highest BCUT2D eigenvalue weighted by atomic mass is 16.4. The molecule has 0 heterocycles. The molecule has 0 atom stereocenters. The summed E-state index contributed by atoms with van der Waals surface area (Å²) in [4.78, 5) is 13.0. The van der Waals surface area contributed by atoms with Crippen LogP contribution in [-0.4, -0.2) is 35.4 Å². The smallest absolute Gasteiger partial charge is 0.228 e. The fourth-order valence-electron chi connectivity index (χ4n) is 0.919. The number of hydrogen-bond acceptors (Lipinski definition) is 3. The summed E-state index contributed by atoms with van der Waals surface area (Å²) in [6, 6.07) is 0. The molecule has 3 N–H and O–H groups in total. The van der Waals surface area contributed by atoms with Gasteiger partial charge in [-0.05, 0) is 0 Å². The van der Waals surface area contributed by atoms with Crippen molar-refractivity contribution in [1.82, 2.24) is 4.90 Å². The Labute approximate surface area is 78.2 Å². The number of oxime groups is 1. The van der Waals surface area contributed by atoms with E-state index in [2.05, 4.69) is 5.16 Å². The third kappa shape index (κ3) is 3.78. The molecular formula is C8H17N3O2. The summed E-state index contributed by atoms with van der Waals surface area (Å²) < 4.78 is 0. The van der Waals surface area contributed by atoms with Crippen LogP contribution in [0.25, 0.3) is 0 Å². The largest absolute Gasteiger partial charge is 0.409 e. The second-order valence-corrected chi connectivity index (χ2v) is 4.00. The monoisotopic (exact) mass is 187 g/mol. The van der Waals surface area contributed by atoms with E-state index >= 15 is 0 Å². The quantitative estimate of drug-likeness (QED) is 0.281. The van der Waals surface area contributed by atoms with E-state index in [9.17, 15) is 4.79 Å². The van der Waals surface area contributed by atoms with Gasteiger partial charge in [0, 0.05) is 12.5 Å². The molecule has 0 saturated heterocycles. The fourth-order valence-corrected chi connectivity index (χ4v) is 0.919. The Balaban J connectivity index is 4.29. The van der Waals surface area contributed by atoms with Crippen LogP contribution in [0.4, 0.5) is 0 Å². The van der Waals surface area contributed by atoms with Gasteiger partial charge < -0.3 is 15.8 Å². The Bertz CT molecular complexity index is 218. The molecule has 0 aliphatic carbocycles. The topological polar surface area (TPSA) is 78.9 Å². The van der Waals surface area contributed by atoms with E-state index in [1.54, 1.807) is 7.05 Å². The number of amidine groups is 1. The predicted octanol–water partition coefficient (Wildman–Crippen LogP) is 0.237. The summed E-state index contributed by atoms with van der Waals surface area (Å²) in [6.45, 7) is 5.60. The molecule has 0 fully saturated rings. The highest BCUT2D eigenvalue weighted by Gasteiger charge is 2.25. The predicted molar refractivity (Wildman–Crippen MR) is 50.5 cm³/mol. The van der Waals surface area contributed by atoms with Crippen molar-refractivity contribution < 1.29 is 10.0 Å². The molecular weight excluding hydrogens is 170 g/mol. The molecule has 0 aliphatic heterocycles. The van der Waals surface area contributed by atoms with Crippen molar-refractivity contribution in [3.63, 3.8) is 0 Å². The standard InChI is InChI=1S/C8H17N3O2/c1-8(2,3)7(12)11(4)5-6(9)10-13/h13H,5H2,1-4H3,(H2,9,10). The van der Waals surface area contributed by atoms with Crippen LogP contribution in [0, 0.1) is 5.41 Å². The average Bonchev–Trinajstić information content (AvgIpc) is 2.01. The molecule has 0 bridgehead atoms. The summed E-state index contributed by atoms with van der Waals surface area (Å²) in [5, 5.41) is 11.1. The minimum atomic E-state index is -0.440. The number of carbonyl (C=O) groups excluding carboxylic acids is 1. The highest BCUT2D eigenvalue weighted by Crippen LogP contribution is 2.15. The molecule has 0 aromatic heterocycles. The SMILES string of the molecule is CN(CC(N)=NO)C(=O)C(C)(C)C. The minimum Gasteiger partial charge on any atom is -0.409 e. The van der Waals surface area contributed by atoms with Crippen molar-refractivity contribution >= 4 is 11.7 Å². The van der Waals surface area contributed by atoms with E-state index in [0.717, 1.165) is 0 Å². The van der Waals surface area contributed by atoms with Crippen LogP contribution in [0.5, 0.6) is 0 Å². The van der Waals surface area contributed by atoms with Crippen LogP contribution < -0.4 is 5.73 Å². The van der Waals surface area contributed by atoms with Gasteiger partial charge in [-0.2, -0.15) is 0 Å². The zero-order chi connectivity index (χ0) is 10.6. The zero-order valence-electron chi connectivity index (χ0n) is 8.53. The van der Waals surface area contributed by atoms with Crippen molar-refractivity contribution in [3.05, 3.63) is 0 Å². The first-order chi connectivity index (χ1) is 5.79. The summed E-state index contributed by atoms with van der Waals surface area (Å²) in [7, 11) is 1.62. The molecule has 0 aromatic rings. The van der Waals surface area contributed by atoms with Gasteiger partial charge in [-0.3, -0.25) is 4.79 Å². The highest BCUT2D eigenvalue weighted by molar-refractivity contribution is 5.88. The summed E-state index contributed by atoms with van der Waals surface area (Å²) in [6.07, 6.45) is 0. The Morgan fingerprint density at radius 3 is 2.31 bits per heavy atom. The van der Waals surface area contributed by atoms with Gasteiger partial charge in [-0.1, -0.05) is 25.9 Å². The van der Waals surface area contributed by atoms with Crippen LogP contribution >= 0.6 is 0 Å². The van der Waals surface area contributed by atoms with E-state index in [4.69, 9.17) is 10.9 Å². The van der Waals surface area contributed by atoms with Crippen LogP contribution in [0.1, 0.15) is 20.8 Å². The summed E-state index contributed by atoms with van der Waals surface area (Å²) in [5.74, 6) is -0.0146. The maximum atomic E-state index is 11.5. The van der Waals surface area contributed by atoms with Crippen LogP contribution in [-0.2, 0) is 4.79 Å². The van der Waals surface area contributed by atoms with Crippen LogP contribution in [0.15, 0.2) is 5.16 Å². The Kier molecular flexibility index (Phi) is 3.71. The van der Waals surface area contributed by atoms with Gasteiger partial charge in [0.05, 0.1) is 6.54 Å². The number of hydrogen-bond donors (Lipinski definition) is 2. The third-order valence-electron chi connectivity index (χ3n) is 1.52. The summed E-state index contributed by atoms with van der Waals surface area (Å²) >= 11 is 0. The van der Waals surface area contributed by atoms with Gasteiger partial charge in [-0.15, -0.1) is 0 Å². The van der Waals surface area contributed by atoms with E-state index in [1.807, 2.05) is 20.8 Å². The number of rotatable bonds is 2. The normalized spacial score (nSPS) is 12.8. The zero-order valence-corrected chi connectivity index (χ0v) is 8.53.